The van der Waals surface area contributed by atoms with Crippen LogP contribution in [-0.2, 0) is 0 Å². The van der Waals surface area contributed by atoms with Gasteiger partial charge in [0.05, 0.1) is 0 Å². The molecule has 1 N–H and O–H groups in total. The molecule has 1 aromatic heterocycles. The second-order valence-corrected chi connectivity index (χ2v) is 5.75. The van der Waals surface area contributed by atoms with E-state index in [-0.39, 0.29) is 6.04 Å². The topological polar surface area (TPSA) is 12.0 Å². The molecule has 1 heterocycles. The van der Waals surface area contributed by atoms with Crippen LogP contribution >= 0.6 is 11.3 Å². The zero-order valence-electron chi connectivity index (χ0n) is 11.3. The zero-order valence-corrected chi connectivity index (χ0v) is 12.2. The molecular formula is C15H16F3NS. The average Bonchev–Trinajstić information content (AvgIpc) is 2.91. The Kier molecular flexibility index (Phi) is 4.83. The molecule has 0 aliphatic heterocycles. The Morgan fingerprint density at radius 2 is 1.80 bits per heavy atom. The Morgan fingerprint density at radius 1 is 1.15 bits per heavy atom. The van der Waals surface area contributed by atoms with Crippen LogP contribution in [0.2, 0.25) is 0 Å². The van der Waals surface area contributed by atoms with Gasteiger partial charge in [0.2, 0.25) is 0 Å². The molecule has 5 heteroatoms. The molecule has 20 heavy (non-hydrogen) atoms. The predicted molar refractivity (Wildman–Crippen MR) is 76.3 cm³/mol. The molecule has 0 saturated carbocycles. The number of rotatable bonds is 5. The molecule has 0 bridgehead atoms. The first-order chi connectivity index (χ1) is 9.52. The molecule has 2 aromatic rings. The molecule has 0 aliphatic rings. The van der Waals surface area contributed by atoms with Gasteiger partial charge in [0.25, 0.3) is 0 Å². The third-order valence-electron chi connectivity index (χ3n) is 3.02. The summed E-state index contributed by atoms with van der Waals surface area (Å²) in [5.41, 5.74) is 0.361. The van der Waals surface area contributed by atoms with E-state index in [0.717, 1.165) is 34.9 Å². The van der Waals surface area contributed by atoms with E-state index in [4.69, 9.17) is 0 Å². The van der Waals surface area contributed by atoms with Crippen LogP contribution in [0.1, 0.15) is 31.2 Å². The number of nitrogens with one attached hydrogen (secondary N) is 1. The normalized spacial score (nSPS) is 12.7. The van der Waals surface area contributed by atoms with Gasteiger partial charge in [0.1, 0.15) is 0 Å². The number of hydrogen-bond acceptors (Lipinski definition) is 2. The van der Waals surface area contributed by atoms with Crippen molar-refractivity contribution >= 4 is 11.3 Å². The van der Waals surface area contributed by atoms with E-state index in [1.807, 2.05) is 13.0 Å². The van der Waals surface area contributed by atoms with Crippen molar-refractivity contribution in [1.82, 2.24) is 5.32 Å². The van der Waals surface area contributed by atoms with Gasteiger partial charge in [-0.25, -0.2) is 13.2 Å². The van der Waals surface area contributed by atoms with Crippen molar-refractivity contribution in [3.8, 4) is 10.4 Å². The standard InChI is InChI=1S/C15H16F3NS/c1-3-6-19-9(2)13-4-5-14(20-13)10-7-11(16)15(18)12(17)8-10/h4-5,7-9,19H,3,6H2,1-2H3. The lowest BCUT2D eigenvalue weighted by Gasteiger charge is -2.10. The largest absolute Gasteiger partial charge is 0.309 e. The van der Waals surface area contributed by atoms with Crippen LogP contribution < -0.4 is 5.32 Å². The summed E-state index contributed by atoms with van der Waals surface area (Å²) in [7, 11) is 0. The summed E-state index contributed by atoms with van der Waals surface area (Å²) in [5, 5.41) is 3.35. The van der Waals surface area contributed by atoms with Crippen LogP contribution in [0.15, 0.2) is 24.3 Å². The molecule has 0 spiro atoms. The molecule has 0 fully saturated rings. The first-order valence-corrected chi connectivity index (χ1v) is 7.32. The van der Waals surface area contributed by atoms with Crippen molar-refractivity contribution in [2.75, 3.05) is 6.54 Å². The molecule has 1 atom stereocenters. The predicted octanol–water partition coefficient (Wildman–Crippen LogP) is 4.89. The van der Waals surface area contributed by atoms with E-state index in [1.165, 1.54) is 11.3 Å². The monoisotopic (exact) mass is 299 g/mol. The van der Waals surface area contributed by atoms with E-state index >= 15 is 0 Å². The minimum absolute atomic E-state index is 0.184. The highest BCUT2D eigenvalue weighted by atomic mass is 32.1. The van der Waals surface area contributed by atoms with Crippen molar-refractivity contribution in [3.05, 3.63) is 46.6 Å². The Morgan fingerprint density at radius 3 is 2.40 bits per heavy atom. The fourth-order valence-electron chi connectivity index (χ4n) is 1.90. The highest BCUT2D eigenvalue weighted by molar-refractivity contribution is 7.15. The second kappa shape index (κ2) is 6.41. The average molecular weight is 299 g/mol. The quantitative estimate of drug-likeness (QED) is 0.775. The number of thiophene rings is 1. The SMILES string of the molecule is CCCNC(C)c1ccc(-c2cc(F)c(F)c(F)c2)s1. The number of halogens is 3. The van der Waals surface area contributed by atoms with E-state index < -0.39 is 17.5 Å². The third kappa shape index (κ3) is 3.22. The maximum absolute atomic E-state index is 13.2. The van der Waals surface area contributed by atoms with E-state index in [1.54, 1.807) is 6.07 Å². The lowest BCUT2D eigenvalue weighted by molar-refractivity contribution is 0.448. The van der Waals surface area contributed by atoms with E-state index in [9.17, 15) is 13.2 Å². The van der Waals surface area contributed by atoms with Crippen molar-refractivity contribution < 1.29 is 13.2 Å². The van der Waals surface area contributed by atoms with Crippen LogP contribution in [-0.4, -0.2) is 6.54 Å². The van der Waals surface area contributed by atoms with Crippen molar-refractivity contribution in [1.29, 1.82) is 0 Å². The molecular weight excluding hydrogens is 283 g/mol. The number of benzene rings is 1. The van der Waals surface area contributed by atoms with Gasteiger partial charge >= 0.3 is 0 Å². The summed E-state index contributed by atoms with van der Waals surface area (Å²) in [6, 6.07) is 5.96. The summed E-state index contributed by atoms with van der Waals surface area (Å²) >= 11 is 1.45. The summed E-state index contributed by atoms with van der Waals surface area (Å²) in [5.74, 6) is -3.75. The van der Waals surface area contributed by atoms with Crippen LogP contribution in [0, 0.1) is 17.5 Å². The van der Waals surface area contributed by atoms with Crippen LogP contribution in [0.4, 0.5) is 13.2 Å². The lowest BCUT2D eigenvalue weighted by atomic mass is 10.1. The summed E-state index contributed by atoms with van der Waals surface area (Å²) in [4.78, 5) is 1.81. The lowest BCUT2D eigenvalue weighted by Crippen LogP contribution is -2.18. The van der Waals surface area contributed by atoms with Gasteiger partial charge in [-0.05, 0) is 49.7 Å². The summed E-state index contributed by atoms with van der Waals surface area (Å²) in [6.07, 6.45) is 1.04. The fourth-order valence-corrected chi connectivity index (χ4v) is 2.92. The fraction of sp³-hybridized carbons (Fsp3) is 0.333. The molecule has 0 aliphatic carbocycles. The maximum Gasteiger partial charge on any atom is 0.194 e. The van der Waals surface area contributed by atoms with Gasteiger partial charge in [-0.15, -0.1) is 11.3 Å². The minimum Gasteiger partial charge on any atom is -0.309 e. The van der Waals surface area contributed by atoms with Crippen molar-refractivity contribution in [3.63, 3.8) is 0 Å². The van der Waals surface area contributed by atoms with Crippen molar-refractivity contribution in [2.45, 2.75) is 26.3 Å². The first kappa shape index (κ1) is 15.1. The van der Waals surface area contributed by atoms with Crippen LogP contribution in [0.25, 0.3) is 10.4 Å². The summed E-state index contributed by atoms with van der Waals surface area (Å²) in [6.45, 7) is 5.04. The molecule has 1 nitrogen and oxygen atoms in total. The van der Waals surface area contributed by atoms with E-state index in [2.05, 4.69) is 12.2 Å². The van der Waals surface area contributed by atoms with Gasteiger partial charge in [-0.1, -0.05) is 6.92 Å². The molecule has 0 saturated heterocycles. The molecule has 0 radical (unpaired) electrons. The molecule has 1 aromatic carbocycles. The third-order valence-corrected chi connectivity index (χ3v) is 4.34. The minimum atomic E-state index is -1.43. The second-order valence-electron chi connectivity index (χ2n) is 4.63. The Bertz CT molecular complexity index is 572. The first-order valence-electron chi connectivity index (χ1n) is 6.51. The smallest absolute Gasteiger partial charge is 0.194 e. The molecule has 0 amide bonds. The Hall–Kier alpha value is -1.33. The maximum atomic E-state index is 13.2. The van der Waals surface area contributed by atoms with Crippen molar-refractivity contribution in [2.24, 2.45) is 0 Å². The molecule has 108 valence electrons. The van der Waals surface area contributed by atoms with Gasteiger partial charge in [0.15, 0.2) is 17.5 Å². The van der Waals surface area contributed by atoms with Gasteiger partial charge in [-0.3, -0.25) is 0 Å². The van der Waals surface area contributed by atoms with Crippen LogP contribution in [0.3, 0.4) is 0 Å². The molecule has 2 rings (SSSR count). The Balaban J connectivity index is 2.24. The van der Waals surface area contributed by atoms with Crippen LogP contribution in [0.5, 0.6) is 0 Å². The van der Waals surface area contributed by atoms with Gasteiger partial charge < -0.3 is 5.32 Å². The highest BCUT2D eigenvalue weighted by Gasteiger charge is 2.14. The summed E-state index contributed by atoms with van der Waals surface area (Å²) < 4.78 is 39.4. The van der Waals surface area contributed by atoms with E-state index in [0.29, 0.717) is 5.56 Å². The Labute approximate surface area is 120 Å². The zero-order chi connectivity index (χ0) is 14.7. The number of hydrogen-bond donors (Lipinski definition) is 1. The highest BCUT2D eigenvalue weighted by Crippen LogP contribution is 2.32. The van der Waals surface area contributed by atoms with Gasteiger partial charge in [-0.2, -0.15) is 0 Å². The van der Waals surface area contributed by atoms with Gasteiger partial charge in [0, 0.05) is 15.8 Å². The molecule has 1 unspecified atom stereocenters.